The molecule has 0 N–H and O–H groups in total. The van der Waals surface area contributed by atoms with E-state index in [4.69, 9.17) is 0 Å². The Morgan fingerprint density at radius 1 is 1.07 bits per heavy atom. The van der Waals surface area contributed by atoms with Crippen LogP contribution in [0.1, 0.15) is 34.1 Å². The van der Waals surface area contributed by atoms with E-state index < -0.39 is 11.9 Å². The predicted octanol–water partition coefficient (Wildman–Crippen LogP) is 2.29. The number of carbonyl (C=O) groups is 2. The van der Waals surface area contributed by atoms with Gasteiger partial charge in [-0.2, -0.15) is 0 Å². The molecule has 0 aromatic heterocycles. The minimum Gasteiger partial charge on any atom is -0.466 e. The Labute approximate surface area is 99.4 Å². The molecular formula is C10H19BrO4. The minimum absolute atomic E-state index is 0.290. The maximum Gasteiger partial charge on any atom is 0.317 e. The Morgan fingerprint density at radius 3 is 1.53 bits per heavy atom. The lowest BCUT2D eigenvalue weighted by Gasteiger charge is -2.00. The van der Waals surface area contributed by atoms with Crippen LogP contribution in [0.5, 0.6) is 0 Å². The summed E-state index contributed by atoms with van der Waals surface area (Å²) in [6.45, 7) is 8.11. The number of rotatable bonds is 4. The summed E-state index contributed by atoms with van der Waals surface area (Å²) in [5.41, 5.74) is 0. The fraction of sp³-hybridized carbons (Fsp3) is 0.800. The summed E-state index contributed by atoms with van der Waals surface area (Å²) in [6, 6.07) is 0. The van der Waals surface area contributed by atoms with Crippen LogP contribution >= 0.6 is 15.9 Å². The molecule has 0 saturated carbocycles. The monoisotopic (exact) mass is 282 g/mol. The van der Waals surface area contributed by atoms with Gasteiger partial charge >= 0.3 is 11.9 Å². The molecular weight excluding hydrogens is 264 g/mol. The van der Waals surface area contributed by atoms with E-state index in [1.54, 1.807) is 13.8 Å². The summed E-state index contributed by atoms with van der Waals surface area (Å²) < 4.78 is 9.04. The summed E-state index contributed by atoms with van der Waals surface area (Å²) in [5.74, 6) is -1.07. The number of carbonyl (C=O) groups excluding carboxylic acids is 2. The molecule has 0 fully saturated rings. The highest BCUT2D eigenvalue weighted by atomic mass is 79.9. The molecule has 0 aliphatic carbocycles. The van der Waals surface area contributed by atoms with Crippen LogP contribution in [0.25, 0.3) is 0 Å². The van der Waals surface area contributed by atoms with Gasteiger partial charge < -0.3 is 9.47 Å². The van der Waals surface area contributed by atoms with Gasteiger partial charge in [-0.1, -0.05) is 29.8 Å². The summed E-state index contributed by atoms with van der Waals surface area (Å²) in [6.07, 6.45) is -0.290. The van der Waals surface area contributed by atoms with Gasteiger partial charge in [0, 0.05) is 4.83 Å². The van der Waals surface area contributed by atoms with Crippen LogP contribution in [0.3, 0.4) is 0 Å². The van der Waals surface area contributed by atoms with Crippen molar-refractivity contribution < 1.29 is 19.1 Å². The van der Waals surface area contributed by atoms with Gasteiger partial charge in [-0.3, -0.25) is 9.59 Å². The molecule has 0 saturated heterocycles. The molecule has 0 amide bonds. The molecule has 0 aliphatic heterocycles. The average Bonchev–Trinajstić information content (AvgIpc) is 2.03. The zero-order valence-electron chi connectivity index (χ0n) is 9.71. The van der Waals surface area contributed by atoms with E-state index in [1.165, 1.54) is 0 Å². The van der Waals surface area contributed by atoms with E-state index in [2.05, 4.69) is 39.3 Å². The molecule has 90 valence electrons. The van der Waals surface area contributed by atoms with Crippen molar-refractivity contribution >= 4 is 27.9 Å². The number of esters is 2. The number of ether oxygens (including phenoxy) is 2. The van der Waals surface area contributed by atoms with E-state index in [0.29, 0.717) is 4.83 Å². The summed E-state index contributed by atoms with van der Waals surface area (Å²) in [4.78, 5) is 21.9. The molecule has 4 nitrogen and oxygen atoms in total. The smallest absolute Gasteiger partial charge is 0.317 e. The third-order valence-corrected chi connectivity index (χ3v) is 0.899. The lowest BCUT2D eigenvalue weighted by atomic mass is 10.4. The van der Waals surface area contributed by atoms with Crippen LogP contribution in [0.2, 0.25) is 0 Å². The number of hydrogen-bond acceptors (Lipinski definition) is 4. The van der Waals surface area contributed by atoms with Gasteiger partial charge in [0.15, 0.2) is 0 Å². The number of hydrogen-bond donors (Lipinski definition) is 0. The Morgan fingerprint density at radius 2 is 1.33 bits per heavy atom. The molecule has 15 heavy (non-hydrogen) atoms. The highest BCUT2D eigenvalue weighted by Crippen LogP contribution is 1.90. The molecule has 0 atom stereocenters. The van der Waals surface area contributed by atoms with Crippen LogP contribution < -0.4 is 0 Å². The molecule has 0 heterocycles. The van der Waals surface area contributed by atoms with E-state index in [9.17, 15) is 9.59 Å². The highest BCUT2D eigenvalue weighted by molar-refractivity contribution is 9.09. The zero-order chi connectivity index (χ0) is 12.3. The number of alkyl halides is 1. The Bertz CT molecular complexity index is 162. The quantitative estimate of drug-likeness (QED) is 0.451. The Hall–Kier alpha value is -0.580. The number of halogens is 1. The first kappa shape index (κ1) is 16.8. The normalized spacial score (nSPS) is 8.93. The van der Waals surface area contributed by atoms with Crippen molar-refractivity contribution in [1.29, 1.82) is 0 Å². The maximum absolute atomic E-state index is 10.6. The van der Waals surface area contributed by atoms with Gasteiger partial charge in [0.25, 0.3) is 0 Å². The van der Waals surface area contributed by atoms with Gasteiger partial charge in [0.1, 0.15) is 6.42 Å². The molecule has 0 aliphatic rings. The Kier molecular flexibility index (Phi) is 12.9. The highest BCUT2D eigenvalue weighted by Gasteiger charge is 2.09. The van der Waals surface area contributed by atoms with E-state index in [1.807, 2.05) is 0 Å². The van der Waals surface area contributed by atoms with Crippen LogP contribution in [-0.2, 0) is 19.1 Å². The lowest BCUT2D eigenvalue weighted by Crippen LogP contribution is -2.13. The third kappa shape index (κ3) is 19.7. The van der Waals surface area contributed by atoms with Gasteiger partial charge in [0.05, 0.1) is 13.2 Å². The topological polar surface area (TPSA) is 52.6 Å². The SMILES string of the molecule is CC(C)Br.CCOC(=O)CC(=O)OCC. The van der Waals surface area contributed by atoms with Crippen molar-refractivity contribution in [2.75, 3.05) is 13.2 Å². The van der Waals surface area contributed by atoms with Crippen LogP contribution in [0, 0.1) is 0 Å². The standard InChI is InChI=1S/C7H12O4.C3H7Br/c1-3-10-6(8)5-7(9)11-4-2;1-3(2)4/h3-5H2,1-2H3;3H,1-2H3. The van der Waals surface area contributed by atoms with Crippen molar-refractivity contribution in [3.05, 3.63) is 0 Å². The van der Waals surface area contributed by atoms with Crippen LogP contribution in [-0.4, -0.2) is 30.0 Å². The molecule has 0 radical (unpaired) electrons. The van der Waals surface area contributed by atoms with Gasteiger partial charge in [-0.25, -0.2) is 0 Å². The molecule has 0 aromatic rings. The van der Waals surface area contributed by atoms with Crippen LogP contribution in [0.4, 0.5) is 0 Å². The fourth-order valence-corrected chi connectivity index (χ4v) is 0.542. The summed E-state index contributed by atoms with van der Waals surface area (Å²) in [5, 5.41) is 0. The minimum atomic E-state index is -0.536. The lowest BCUT2D eigenvalue weighted by molar-refractivity contribution is -0.153. The second-order valence-electron chi connectivity index (χ2n) is 2.80. The zero-order valence-corrected chi connectivity index (χ0v) is 11.3. The molecule has 0 bridgehead atoms. The van der Waals surface area contributed by atoms with Gasteiger partial charge in [-0.05, 0) is 13.8 Å². The molecule has 0 rings (SSSR count). The van der Waals surface area contributed by atoms with Gasteiger partial charge in [0.2, 0.25) is 0 Å². The van der Waals surface area contributed by atoms with Crippen LogP contribution in [0.15, 0.2) is 0 Å². The van der Waals surface area contributed by atoms with Gasteiger partial charge in [-0.15, -0.1) is 0 Å². The second kappa shape index (κ2) is 11.5. The third-order valence-electron chi connectivity index (χ3n) is 0.899. The van der Waals surface area contributed by atoms with Crippen molar-refractivity contribution in [1.82, 2.24) is 0 Å². The largest absolute Gasteiger partial charge is 0.466 e. The maximum atomic E-state index is 10.6. The fourth-order valence-electron chi connectivity index (χ4n) is 0.542. The molecule has 0 spiro atoms. The molecule has 0 unspecified atom stereocenters. The van der Waals surface area contributed by atoms with E-state index in [0.717, 1.165) is 0 Å². The first-order chi connectivity index (χ1) is 6.93. The van der Waals surface area contributed by atoms with Crippen molar-refractivity contribution in [3.63, 3.8) is 0 Å². The van der Waals surface area contributed by atoms with E-state index >= 15 is 0 Å². The summed E-state index contributed by atoms with van der Waals surface area (Å²) in [7, 11) is 0. The predicted molar refractivity (Wildman–Crippen MR) is 61.9 cm³/mol. The first-order valence-corrected chi connectivity index (χ1v) is 5.80. The van der Waals surface area contributed by atoms with Crippen molar-refractivity contribution in [2.45, 2.75) is 38.9 Å². The van der Waals surface area contributed by atoms with Crippen molar-refractivity contribution in [2.24, 2.45) is 0 Å². The first-order valence-electron chi connectivity index (χ1n) is 4.89. The Balaban J connectivity index is 0. The molecule has 0 aromatic carbocycles. The second-order valence-corrected chi connectivity index (χ2v) is 4.63. The molecule has 5 heteroatoms. The van der Waals surface area contributed by atoms with E-state index in [-0.39, 0.29) is 19.6 Å². The summed E-state index contributed by atoms with van der Waals surface area (Å²) >= 11 is 3.27. The average molecular weight is 283 g/mol. The van der Waals surface area contributed by atoms with Crippen molar-refractivity contribution in [3.8, 4) is 0 Å².